The molecular weight excluding hydrogens is 156 g/mol. The van der Waals surface area contributed by atoms with Gasteiger partial charge in [0.05, 0.1) is 12.7 Å². The van der Waals surface area contributed by atoms with Crippen LogP contribution >= 0.6 is 0 Å². The molecule has 0 unspecified atom stereocenters. The molecule has 0 amide bonds. The van der Waals surface area contributed by atoms with Gasteiger partial charge in [0.25, 0.3) is 0 Å². The van der Waals surface area contributed by atoms with E-state index in [4.69, 9.17) is 9.47 Å². The number of hydrogen-bond acceptors (Lipinski definition) is 3. The molecule has 0 aromatic heterocycles. The number of esters is 1. The Labute approximate surface area is 72.0 Å². The molecule has 3 nitrogen and oxygen atoms in total. The Bertz CT molecular complexity index is 190. The Morgan fingerprint density at radius 1 is 1.50 bits per heavy atom. The molecule has 0 aromatic rings. The van der Waals surface area contributed by atoms with Crippen molar-refractivity contribution < 1.29 is 14.3 Å². The van der Waals surface area contributed by atoms with Gasteiger partial charge >= 0.3 is 5.97 Å². The third-order valence-corrected chi connectivity index (χ3v) is 2.77. The number of fused-ring (bicyclic) bond motifs is 1. The van der Waals surface area contributed by atoms with Crippen molar-refractivity contribution in [2.24, 2.45) is 5.92 Å². The highest BCUT2D eigenvalue weighted by Crippen LogP contribution is 2.37. The van der Waals surface area contributed by atoms with E-state index in [1.54, 1.807) is 0 Å². The van der Waals surface area contributed by atoms with E-state index in [1.807, 2.05) is 0 Å². The first kappa shape index (κ1) is 8.05. The molecular formula is C9H14O3. The molecule has 0 N–H and O–H groups in total. The minimum absolute atomic E-state index is 0.0370. The fourth-order valence-electron chi connectivity index (χ4n) is 2.26. The van der Waals surface area contributed by atoms with E-state index >= 15 is 0 Å². The van der Waals surface area contributed by atoms with Gasteiger partial charge in [0.2, 0.25) is 0 Å². The summed E-state index contributed by atoms with van der Waals surface area (Å²) in [4.78, 5) is 10.7. The molecule has 2 aliphatic rings. The van der Waals surface area contributed by atoms with Crippen molar-refractivity contribution in [2.45, 2.75) is 38.4 Å². The van der Waals surface area contributed by atoms with E-state index in [2.05, 4.69) is 0 Å². The molecule has 0 bridgehead atoms. The van der Waals surface area contributed by atoms with Gasteiger partial charge in [-0.1, -0.05) is 6.42 Å². The standard InChI is InChI=1S/C9H14O3/c1-6(10)12-9-5-11-8-4-2-3-7(8)9/h7-9H,2-5H2,1H3/t7-,8+,9-/m0/s1. The summed E-state index contributed by atoms with van der Waals surface area (Å²) in [6.45, 7) is 2.07. The SMILES string of the molecule is CC(=O)O[C@H]1CO[C@@H]2CCC[C@H]12. The summed E-state index contributed by atoms with van der Waals surface area (Å²) in [5, 5.41) is 0. The number of hydrogen-bond donors (Lipinski definition) is 0. The van der Waals surface area contributed by atoms with Crippen LogP contribution in [0.15, 0.2) is 0 Å². The molecule has 68 valence electrons. The van der Waals surface area contributed by atoms with Gasteiger partial charge in [-0.25, -0.2) is 0 Å². The summed E-state index contributed by atoms with van der Waals surface area (Å²) >= 11 is 0. The van der Waals surface area contributed by atoms with Crippen LogP contribution in [0.2, 0.25) is 0 Å². The van der Waals surface area contributed by atoms with E-state index in [9.17, 15) is 4.79 Å². The summed E-state index contributed by atoms with van der Waals surface area (Å²) in [5.41, 5.74) is 0. The first-order chi connectivity index (χ1) is 5.77. The highest BCUT2D eigenvalue weighted by atomic mass is 16.6. The Balaban J connectivity index is 1.95. The second-order valence-electron chi connectivity index (χ2n) is 3.61. The predicted octanol–water partition coefficient (Wildman–Crippen LogP) is 1.12. The molecule has 0 radical (unpaired) electrons. The zero-order chi connectivity index (χ0) is 8.55. The lowest BCUT2D eigenvalue weighted by molar-refractivity contribution is -0.147. The van der Waals surface area contributed by atoms with Crippen molar-refractivity contribution in [3.05, 3.63) is 0 Å². The summed E-state index contributed by atoms with van der Waals surface area (Å²) < 4.78 is 10.7. The summed E-state index contributed by atoms with van der Waals surface area (Å²) in [6, 6.07) is 0. The van der Waals surface area contributed by atoms with E-state index < -0.39 is 0 Å². The van der Waals surface area contributed by atoms with E-state index in [0.717, 1.165) is 12.8 Å². The normalized spacial score (nSPS) is 39.6. The van der Waals surface area contributed by atoms with Crippen LogP contribution in [0.5, 0.6) is 0 Å². The number of carbonyl (C=O) groups excluding carboxylic acids is 1. The molecule has 3 atom stereocenters. The van der Waals surface area contributed by atoms with Gasteiger partial charge in [-0.15, -0.1) is 0 Å². The van der Waals surface area contributed by atoms with Crippen LogP contribution in [-0.4, -0.2) is 24.8 Å². The molecule has 12 heavy (non-hydrogen) atoms. The lowest BCUT2D eigenvalue weighted by Crippen LogP contribution is -2.24. The third kappa shape index (κ3) is 1.33. The van der Waals surface area contributed by atoms with Crippen molar-refractivity contribution in [1.82, 2.24) is 0 Å². The highest BCUT2D eigenvalue weighted by Gasteiger charge is 2.41. The van der Waals surface area contributed by atoms with Gasteiger partial charge in [0.1, 0.15) is 6.10 Å². The Morgan fingerprint density at radius 2 is 2.33 bits per heavy atom. The summed E-state index contributed by atoms with van der Waals surface area (Å²) in [5.74, 6) is 0.296. The van der Waals surface area contributed by atoms with Crippen molar-refractivity contribution in [1.29, 1.82) is 0 Å². The maximum Gasteiger partial charge on any atom is 0.302 e. The van der Waals surface area contributed by atoms with Crippen LogP contribution in [0.3, 0.4) is 0 Å². The predicted molar refractivity (Wildman–Crippen MR) is 42.6 cm³/mol. The molecule has 3 heteroatoms. The van der Waals surface area contributed by atoms with Crippen LogP contribution in [0, 0.1) is 5.92 Å². The van der Waals surface area contributed by atoms with Crippen LogP contribution in [-0.2, 0) is 14.3 Å². The summed E-state index contributed by atoms with van der Waals surface area (Å²) in [7, 11) is 0. The van der Waals surface area contributed by atoms with Crippen LogP contribution in [0.25, 0.3) is 0 Å². The zero-order valence-electron chi connectivity index (χ0n) is 7.29. The largest absolute Gasteiger partial charge is 0.460 e. The minimum Gasteiger partial charge on any atom is -0.460 e. The average Bonchev–Trinajstić information content (AvgIpc) is 2.52. The maximum atomic E-state index is 10.7. The molecule has 2 rings (SSSR count). The lowest BCUT2D eigenvalue weighted by atomic mass is 10.0. The number of carbonyl (C=O) groups is 1. The van der Waals surface area contributed by atoms with Crippen LogP contribution in [0.4, 0.5) is 0 Å². The monoisotopic (exact) mass is 170 g/mol. The molecule has 1 saturated carbocycles. The maximum absolute atomic E-state index is 10.7. The molecule has 1 saturated heterocycles. The van der Waals surface area contributed by atoms with Gasteiger partial charge in [-0.2, -0.15) is 0 Å². The Morgan fingerprint density at radius 3 is 3.08 bits per heavy atom. The van der Waals surface area contributed by atoms with Crippen molar-refractivity contribution >= 4 is 5.97 Å². The second-order valence-corrected chi connectivity index (χ2v) is 3.61. The lowest BCUT2D eigenvalue weighted by Gasteiger charge is -2.15. The van der Waals surface area contributed by atoms with Gasteiger partial charge in [0, 0.05) is 12.8 Å². The molecule has 1 aliphatic heterocycles. The molecule has 0 spiro atoms. The average molecular weight is 170 g/mol. The first-order valence-electron chi connectivity index (χ1n) is 4.56. The smallest absolute Gasteiger partial charge is 0.302 e. The Hall–Kier alpha value is -0.570. The van der Waals surface area contributed by atoms with Crippen LogP contribution in [0.1, 0.15) is 26.2 Å². The number of rotatable bonds is 1. The van der Waals surface area contributed by atoms with Crippen molar-refractivity contribution in [3.8, 4) is 0 Å². The second kappa shape index (κ2) is 3.05. The van der Waals surface area contributed by atoms with Crippen molar-refractivity contribution in [3.63, 3.8) is 0 Å². The van der Waals surface area contributed by atoms with Gasteiger partial charge in [-0.3, -0.25) is 4.79 Å². The van der Waals surface area contributed by atoms with Crippen LogP contribution < -0.4 is 0 Å². The third-order valence-electron chi connectivity index (χ3n) is 2.77. The molecule has 1 heterocycles. The zero-order valence-corrected chi connectivity index (χ0v) is 7.29. The van der Waals surface area contributed by atoms with Gasteiger partial charge in [0.15, 0.2) is 0 Å². The first-order valence-corrected chi connectivity index (χ1v) is 4.56. The molecule has 2 fully saturated rings. The minimum atomic E-state index is -0.184. The highest BCUT2D eigenvalue weighted by molar-refractivity contribution is 5.66. The molecule has 0 aromatic carbocycles. The van der Waals surface area contributed by atoms with E-state index in [1.165, 1.54) is 13.3 Å². The quantitative estimate of drug-likeness (QED) is 0.553. The van der Waals surface area contributed by atoms with Crippen molar-refractivity contribution in [2.75, 3.05) is 6.61 Å². The molecule has 1 aliphatic carbocycles. The Kier molecular flexibility index (Phi) is 2.05. The summed E-state index contributed by atoms with van der Waals surface area (Å²) in [6.07, 6.45) is 3.92. The topological polar surface area (TPSA) is 35.5 Å². The fourth-order valence-corrected chi connectivity index (χ4v) is 2.26. The van der Waals surface area contributed by atoms with E-state index in [-0.39, 0.29) is 12.1 Å². The van der Waals surface area contributed by atoms with Gasteiger partial charge in [-0.05, 0) is 12.8 Å². The van der Waals surface area contributed by atoms with E-state index in [0.29, 0.717) is 18.6 Å². The number of ether oxygens (including phenoxy) is 2. The van der Waals surface area contributed by atoms with Gasteiger partial charge < -0.3 is 9.47 Å². The fraction of sp³-hybridized carbons (Fsp3) is 0.889.